The van der Waals surface area contributed by atoms with Crippen LogP contribution in [0.2, 0.25) is 0 Å². The van der Waals surface area contributed by atoms with Crippen LogP contribution in [0.5, 0.6) is 0 Å². The summed E-state index contributed by atoms with van der Waals surface area (Å²) in [6.45, 7) is 21.4. The van der Waals surface area contributed by atoms with Gasteiger partial charge in [0.05, 0.1) is 19.3 Å². The molecule has 2 fully saturated rings. The smallest absolute Gasteiger partial charge is 0.413 e. The normalized spacial score (nSPS) is 20.4. The molecule has 2 rings (SSSR count). The van der Waals surface area contributed by atoms with Gasteiger partial charge in [0.15, 0.2) is 0 Å². The molecule has 0 bridgehead atoms. The third kappa shape index (κ3) is 17.8. The van der Waals surface area contributed by atoms with E-state index in [9.17, 15) is 14.4 Å². The van der Waals surface area contributed by atoms with Crippen molar-refractivity contribution in [2.75, 3.05) is 13.2 Å². The maximum atomic E-state index is 12.6. The fourth-order valence-electron chi connectivity index (χ4n) is 5.60. The van der Waals surface area contributed by atoms with Crippen LogP contribution in [-0.4, -0.2) is 84.6 Å². The van der Waals surface area contributed by atoms with E-state index in [0.717, 1.165) is 6.42 Å². The van der Waals surface area contributed by atoms with Crippen LogP contribution < -0.4 is 0 Å². The number of rotatable bonds is 15. The molecule has 2 aliphatic heterocycles. The predicted octanol–water partition coefficient (Wildman–Crippen LogP) is 9.18. The van der Waals surface area contributed by atoms with Gasteiger partial charge in [-0.25, -0.2) is 9.59 Å². The van der Waals surface area contributed by atoms with Gasteiger partial charge >= 0.3 is 12.2 Å². The van der Waals surface area contributed by atoms with E-state index >= 15 is 0 Å². The molecule has 0 N–H and O–H groups in total. The summed E-state index contributed by atoms with van der Waals surface area (Å²) in [5, 5.41) is 0. The number of carbonyl (C=O) groups excluding carboxylic acids is 3. The minimum absolute atomic E-state index is 0. The topological polar surface area (TPSA) is 94.6 Å². The van der Waals surface area contributed by atoms with Gasteiger partial charge in [0, 0.05) is 8.41 Å². The SMILES string of the molecule is CC(C)(C)OC(=O)N1[C@H](C=O)COC1(C)C.CCCCCCCCCCCCCC/C=C/[C@@H]1COC(C)(C)N1C(=O)OC(C)(C)C.[B]. The summed E-state index contributed by atoms with van der Waals surface area (Å²) in [6.07, 6.45) is 21.7. The molecule has 10 heteroatoms. The van der Waals surface area contributed by atoms with E-state index in [1.165, 1.54) is 81.9 Å². The number of allylic oxidation sites excluding steroid dienone is 1. The molecule has 2 atom stereocenters. The van der Waals surface area contributed by atoms with E-state index in [0.29, 0.717) is 12.9 Å². The summed E-state index contributed by atoms with van der Waals surface area (Å²) in [4.78, 5) is 38.5. The average molecular weight is 664 g/mol. The number of hydrogen-bond donors (Lipinski definition) is 0. The Morgan fingerprint density at radius 3 is 1.43 bits per heavy atom. The van der Waals surface area contributed by atoms with E-state index in [-0.39, 0.29) is 27.2 Å². The lowest BCUT2D eigenvalue weighted by Crippen LogP contribution is -2.50. The molecule has 2 heterocycles. The Labute approximate surface area is 289 Å². The van der Waals surface area contributed by atoms with Gasteiger partial charge in [0.25, 0.3) is 0 Å². The van der Waals surface area contributed by atoms with Crippen LogP contribution in [0.4, 0.5) is 9.59 Å². The standard InChI is InChI=1S/C26H49NO3.C11H19NO4.B/c1-7-8-9-10-11-12-13-14-15-16-17-18-19-20-21-23-22-29-26(5,6)27(23)24(28)30-25(2,3)4;1-10(2,3)16-9(14)12-8(6-13)7-15-11(12,4)5;/h20-21,23H,7-19,22H2,1-6H3;6,8H,7H2,1-5H3;/b21-20+;;/t23-;8-;/m11./s1. The fourth-order valence-corrected chi connectivity index (χ4v) is 5.60. The van der Waals surface area contributed by atoms with Crippen LogP contribution in [0.1, 0.15) is 160 Å². The zero-order chi connectivity index (χ0) is 35.0. The summed E-state index contributed by atoms with van der Waals surface area (Å²) in [7, 11) is 0. The Morgan fingerprint density at radius 1 is 0.681 bits per heavy atom. The van der Waals surface area contributed by atoms with Crippen molar-refractivity contribution in [2.45, 2.75) is 194 Å². The number of hydrogen-bond acceptors (Lipinski definition) is 7. The zero-order valence-corrected chi connectivity index (χ0v) is 31.8. The molecule has 9 nitrogen and oxygen atoms in total. The predicted molar refractivity (Wildman–Crippen MR) is 190 cm³/mol. The van der Waals surface area contributed by atoms with E-state index in [1.807, 2.05) is 34.6 Å². The van der Waals surface area contributed by atoms with Crippen molar-refractivity contribution in [1.29, 1.82) is 0 Å². The summed E-state index contributed by atoms with van der Waals surface area (Å²) in [6, 6.07) is -0.614. The Kier molecular flexibility index (Phi) is 20.2. The first-order valence-electron chi connectivity index (χ1n) is 17.8. The zero-order valence-electron chi connectivity index (χ0n) is 31.8. The quantitative estimate of drug-likeness (QED) is 0.0746. The highest BCUT2D eigenvalue weighted by Gasteiger charge is 2.46. The molecular formula is C37H68BN2O7. The van der Waals surface area contributed by atoms with E-state index in [2.05, 4.69) is 19.1 Å². The van der Waals surface area contributed by atoms with Crippen LogP contribution in [0.15, 0.2) is 12.2 Å². The number of unbranched alkanes of at least 4 members (excludes halogenated alkanes) is 12. The maximum Gasteiger partial charge on any atom is 0.413 e. The van der Waals surface area contributed by atoms with Gasteiger partial charge in [0.2, 0.25) is 0 Å². The third-order valence-corrected chi connectivity index (χ3v) is 7.96. The van der Waals surface area contributed by atoms with E-state index in [1.54, 1.807) is 39.5 Å². The lowest BCUT2D eigenvalue weighted by atomic mass is 10.0. The molecule has 2 amide bonds. The first-order chi connectivity index (χ1) is 21.3. The summed E-state index contributed by atoms with van der Waals surface area (Å²) in [5.41, 5.74) is -2.51. The highest BCUT2D eigenvalue weighted by atomic mass is 16.6. The van der Waals surface area contributed by atoms with Crippen molar-refractivity contribution < 1.29 is 33.3 Å². The molecule has 0 aromatic carbocycles. The number of amides is 2. The maximum absolute atomic E-state index is 12.6. The van der Waals surface area contributed by atoms with Gasteiger partial charge in [-0.3, -0.25) is 9.80 Å². The first-order valence-corrected chi connectivity index (χ1v) is 17.8. The summed E-state index contributed by atoms with van der Waals surface area (Å²) in [5.74, 6) is 0. The van der Waals surface area contributed by atoms with Crippen LogP contribution in [0.3, 0.4) is 0 Å². The van der Waals surface area contributed by atoms with Gasteiger partial charge in [-0.05, 0) is 82.1 Å². The van der Waals surface area contributed by atoms with Crippen LogP contribution in [-0.2, 0) is 23.7 Å². The number of ether oxygens (including phenoxy) is 4. The molecule has 0 aromatic rings. The van der Waals surface area contributed by atoms with Gasteiger partial charge < -0.3 is 23.7 Å². The minimum atomic E-state index is -0.798. The van der Waals surface area contributed by atoms with Crippen molar-refractivity contribution in [3.63, 3.8) is 0 Å². The van der Waals surface area contributed by atoms with Gasteiger partial charge in [0.1, 0.15) is 35.0 Å². The first kappa shape index (κ1) is 44.9. The second-order valence-electron chi connectivity index (χ2n) is 15.6. The summed E-state index contributed by atoms with van der Waals surface area (Å²) >= 11 is 0. The Balaban J connectivity index is 0.00000105. The third-order valence-electron chi connectivity index (χ3n) is 7.96. The number of nitrogens with zero attached hydrogens (tertiary/aromatic N) is 2. The second kappa shape index (κ2) is 21.1. The largest absolute Gasteiger partial charge is 0.444 e. The Hall–Kier alpha value is -2.07. The molecule has 0 aliphatic carbocycles. The Bertz CT molecular complexity index is 940. The molecule has 0 saturated carbocycles. The minimum Gasteiger partial charge on any atom is -0.444 e. The van der Waals surface area contributed by atoms with Crippen LogP contribution in [0, 0.1) is 0 Å². The van der Waals surface area contributed by atoms with Crippen LogP contribution in [0.25, 0.3) is 0 Å². The molecule has 3 radical (unpaired) electrons. The monoisotopic (exact) mass is 664 g/mol. The highest BCUT2D eigenvalue weighted by Crippen LogP contribution is 2.30. The van der Waals surface area contributed by atoms with Gasteiger partial charge in [-0.15, -0.1) is 0 Å². The molecule has 271 valence electrons. The molecular weight excluding hydrogens is 595 g/mol. The Morgan fingerprint density at radius 2 is 1.04 bits per heavy atom. The summed E-state index contributed by atoms with van der Waals surface area (Å²) < 4.78 is 22.1. The van der Waals surface area contributed by atoms with Crippen molar-refractivity contribution >= 4 is 26.9 Å². The van der Waals surface area contributed by atoms with Gasteiger partial charge in [-0.1, -0.05) is 89.7 Å². The molecule has 47 heavy (non-hydrogen) atoms. The molecule has 0 aromatic heterocycles. The molecule has 2 saturated heterocycles. The van der Waals surface area contributed by atoms with Crippen LogP contribution >= 0.6 is 0 Å². The van der Waals surface area contributed by atoms with Crippen molar-refractivity contribution in [1.82, 2.24) is 9.80 Å². The molecule has 2 aliphatic rings. The lowest BCUT2D eigenvalue weighted by molar-refractivity contribution is -0.113. The molecule has 0 spiro atoms. The van der Waals surface area contributed by atoms with E-state index in [4.69, 9.17) is 18.9 Å². The molecule has 0 unspecified atom stereocenters. The second-order valence-corrected chi connectivity index (χ2v) is 15.6. The van der Waals surface area contributed by atoms with Gasteiger partial charge in [-0.2, -0.15) is 0 Å². The van der Waals surface area contributed by atoms with E-state index < -0.39 is 34.8 Å². The van der Waals surface area contributed by atoms with Crippen molar-refractivity contribution in [2.24, 2.45) is 0 Å². The number of carbonyl (C=O) groups is 3. The van der Waals surface area contributed by atoms with Crippen molar-refractivity contribution in [3.05, 3.63) is 12.2 Å². The fraction of sp³-hybridized carbons (Fsp3) is 0.865. The van der Waals surface area contributed by atoms with Crippen molar-refractivity contribution in [3.8, 4) is 0 Å². The number of aldehydes is 1. The highest BCUT2D eigenvalue weighted by molar-refractivity contribution is 5.76. The average Bonchev–Trinajstić information content (AvgIpc) is 3.40. The lowest BCUT2D eigenvalue weighted by Gasteiger charge is -2.34.